The van der Waals surface area contributed by atoms with Crippen molar-refractivity contribution in [3.8, 4) is 12.1 Å². The highest BCUT2D eigenvalue weighted by atomic mass is 16.6. The van der Waals surface area contributed by atoms with Gasteiger partial charge in [0, 0.05) is 0 Å². The Morgan fingerprint density at radius 2 is 1.17 bits per heavy atom. The van der Waals surface area contributed by atoms with Crippen molar-refractivity contribution < 1.29 is 9.85 Å². The molecule has 0 saturated carbocycles. The molecule has 0 heterocycles. The smallest absolute Gasteiger partial charge is 0.258 e. The van der Waals surface area contributed by atoms with Crippen molar-refractivity contribution in [2.45, 2.75) is 0 Å². The number of hydrogen-bond acceptors (Lipinski definition) is 6. The molecule has 0 aromatic heterocycles. The van der Waals surface area contributed by atoms with Gasteiger partial charge in [-0.25, -0.2) is 0 Å². The van der Waals surface area contributed by atoms with Crippen molar-refractivity contribution in [1.82, 2.24) is 0 Å². The predicted octanol–water partition coefficient (Wildman–Crippen LogP) is -0.496. The number of hydrogen-bond donors (Lipinski definition) is 0. The van der Waals surface area contributed by atoms with Gasteiger partial charge in [0.25, 0.3) is 0 Å². The molecule has 8 nitrogen and oxygen atoms in total. The van der Waals surface area contributed by atoms with E-state index in [0.29, 0.717) is 0 Å². The molecule has 0 saturated heterocycles. The molecule has 0 spiro atoms. The van der Waals surface area contributed by atoms with Crippen LogP contribution in [0.25, 0.3) is 11.4 Å². The van der Waals surface area contributed by atoms with Crippen LogP contribution in [0.2, 0.25) is 0 Å². The summed E-state index contributed by atoms with van der Waals surface area (Å²) >= 11 is 0. The molecule has 88 valence electrons. The number of rotatable bonds is 2. The Morgan fingerprint density at radius 3 is 1.33 bits per heavy atom. The van der Waals surface area contributed by atoms with Gasteiger partial charge in [-0.05, 0) is 24.3 Å². The first-order valence-corrected chi connectivity index (χ1v) is 4.45. The first kappa shape index (κ1) is 12.8. The van der Waals surface area contributed by atoms with E-state index in [1.807, 2.05) is 0 Å². The fourth-order valence-corrected chi connectivity index (χ4v) is 1.21. The summed E-state index contributed by atoms with van der Waals surface area (Å²) in [5, 5.41) is 38.2. The number of nitro groups is 2. The van der Waals surface area contributed by atoms with E-state index in [1.54, 1.807) is 0 Å². The van der Waals surface area contributed by atoms with E-state index >= 15 is 0 Å². The molecule has 8 heteroatoms. The average molecular weight is 244 g/mol. The van der Waals surface area contributed by atoms with Crippen LogP contribution in [-0.2, 0) is 0 Å². The van der Waals surface area contributed by atoms with Crippen molar-refractivity contribution in [3.63, 3.8) is 0 Å². The van der Waals surface area contributed by atoms with Crippen molar-refractivity contribution in [3.05, 3.63) is 54.9 Å². The Kier molecular flexibility index (Phi) is 3.69. The zero-order chi connectivity index (χ0) is 13.7. The van der Waals surface area contributed by atoms with E-state index in [9.17, 15) is 20.2 Å². The Morgan fingerprint density at radius 1 is 0.889 bits per heavy atom. The molecular weight excluding hydrogens is 240 g/mol. The molecule has 0 aliphatic carbocycles. The van der Waals surface area contributed by atoms with Crippen LogP contribution in [0, 0.1) is 42.9 Å². The van der Waals surface area contributed by atoms with Crippen LogP contribution in [0.1, 0.15) is 0 Å². The minimum absolute atomic E-state index is 0.0203. The second kappa shape index (κ2) is 5.18. The van der Waals surface area contributed by atoms with E-state index < -0.39 is 21.2 Å². The number of benzene rings is 1. The number of nitrogens with zero attached hydrogens (tertiary/aromatic N) is 4. The van der Waals surface area contributed by atoms with E-state index in [4.69, 9.17) is 10.5 Å². The number of nitriles is 2. The molecule has 0 fully saturated rings. The van der Waals surface area contributed by atoms with E-state index in [0.717, 1.165) is 0 Å². The standard InChI is InChI=1S/C10H4N4O4/c11-5-9(13(15)16)7-1-2-8(4-3-7)10(6-12)14(17)18/h1-4H. The third kappa shape index (κ3) is 2.46. The molecule has 0 N–H and O–H groups in total. The van der Waals surface area contributed by atoms with Gasteiger partial charge in [0.15, 0.2) is 12.1 Å². The fourth-order valence-electron chi connectivity index (χ4n) is 1.21. The summed E-state index contributed by atoms with van der Waals surface area (Å²) in [5.74, 6) is 0. The van der Waals surface area contributed by atoms with Gasteiger partial charge >= 0.3 is 11.4 Å². The average Bonchev–Trinajstić information content (AvgIpc) is 2.32. The fraction of sp³-hybridized carbons (Fsp3) is 0. The zero-order valence-corrected chi connectivity index (χ0v) is 8.73. The maximum absolute atomic E-state index is 10.5. The SMILES string of the molecule is N#CC(=c1ccc(=C(C#N)[N+](=O)[O-])cc1)[N+](=O)[O-]. The first-order valence-electron chi connectivity index (χ1n) is 4.45. The highest BCUT2D eigenvalue weighted by Gasteiger charge is 2.12. The maximum atomic E-state index is 10.5. The van der Waals surface area contributed by atoms with Crippen molar-refractivity contribution in [1.29, 1.82) is 10.5 Å². The molecule has 0 unspecified atom stereocenters. The van der Waals surface area contributed by atoms with Gasteiger partial charge in [-0.2, -0.15) is 10.5 Å². The molecule has 0 bridgehead atoms. The summed E-state index contributed by atoms with van der Waals surface area (Å²) in [4.78, 5) is 19.3. The molecule has 1 rings (SSSR count). The van der Waals surface area contributed by atoms with E-state index in [1.165, 1.54) is 36.4 Å². The summed E-state index contributed by atoms with van der Waals surface area (Å²) in [6.45, 7) is 0. The minimum Gasteiger partial charge on any atom is -0.258 e. The van der Waals surface area contributed by atoms with Crippen molar-refractivity contribution >= 4 is 11.4 Å². The third-order valence-electron chi connectivity index (χ3n) is 2.01. The van der Waals surface area contributed by atoms with Crippen LogP contribution in [-0.4, -0.2) is 9.85 Å². The van der Waals surface area contributed by atoms with Crippen LogP contribution in [0.15, 0.2) is 24.3 Å². The van der Waals surface area contributed by atoms with Crippen LogP contribution in [0.5, 0.6) is 0 Å². The molecule has 1 aromatic carbocycles. The summed E-state index contributed by atoms with van der Waals surface area (Å²) in [6, 6.07) is 7.54. The quantitative estimate of drug-likeness (QED) is 0.508. The summed E-state index contributed by atoms with van der Waals surface area (Å²) in [7, 11) is 0. The molecule has 0 aliphatic rings. The Bertz CT molecular complexity index is 637. The molecule has 0 aliphatic heterocycles. The van der Waals surface area contributed by atoms with Crippen molar-refractivity contribution in [2.75, 3.05) is 0 Å². The zero-order valence-electron chi connectivity index (χ0n) is 8.73. The van der Waals surface area contributed by atoms with Crippen LogP contribution in [0.3, 0.4) is 0 Å². The lowest BCUT2D eigenvalue weighted by molar-refractivity contribution is -0.374. The topological polar surface area (TPSA) is 134 Å². The molecule has 18 heavy (non-hydrogen) atoms. The van der Waals surface area contributed by atoms with Gasteiger partial charge in [-0.15, -0.1) is 0 Å². The van der Waals surface area contributed by atoms with E-state index in [-0.39, 0.29) is 10.4 Å². The second-order valence-electron chi connectivity index (χ2n) is 3.01. The predicted molar refractivity (Wildman–Crippen MR) is 57.7 cm³/mol. The summed E-state index contributed by atoms with van der Waals surface area (Å²) < 4.78 is 0. The van der Waals surface area contributed by atoms with Gasteiger partial charge in [0.2, 0.25) is 0 Å². The third-order valence-corrected chi connectivity index (χ3v) is 2.01. The largest absolute Gasteiger partial charge is 0.352 e. The lowest BCUT2D eigenvalue weighted by atomic mass is 10.2. The monoisotopic (exact) mass is 244 g/mol. The highest BCUT2D eigenvalue weighted by Crippen LogP contribution is 1.92. The molecule has 0 amide bonds. The first-order chi connectivity index (χ1) is 8.51. The van der Waals surface area contributed by atoms with Crippen LogP contribution in [0.4, 0.5) is 0 Å². The maximum Gasteiger partial charge on any atom is 0.352 e. The lowest BCUT2D eigenvalue weighted by Crippen LogP contribution is -2.17. The molecule has 0 atom stereocenters. The summed E-state index contributed by atoms with van der Waals surface area (Å²) in [6.07, 6.45) is 0. The lowest BCUT2D eigenvalue weighted by Gasteiger charge is -1.89. The van der Waals surface area contributed by atoms with Gasteiger partial charge in [-0.3, -0.25) is 20.2 Å². The van der Waals surface area contributed by atoms with Crippen LogP contribution >= 0.6 is 0 Å². The summed E-state index contributed by atoms with van der Waals surface area (Å²) in [5.41, 5.74) is -1.33. The van der Waals surface area contributed by atoms with Crippen LogP contribution < -0.4 is 10.4 Å². The van der Waals surface area contributed by atoms with Gasteiger partial charge in [0.05, 0.1) is 20.3 Å². The van der Waals surface area contributed by atoms with Gasteiger partial charge in [0.1, 0.15) is 0 Å². The second-order valence-corrected chi connectivity index (χ2v) is 3.01. The highest BCUT2D eigenvalue weighted by molar-refractivity contribution is 5.53. The Hall–Kier alpha value is -3.26. The Balaban J connectivity index is 3.60. The molecular formula is C10H4N4O4. The molecule has 0 radical (unpaired) electrons. The van der Waals surface area contributed by atoms with Crippen molar-refractivity contribution in [2.24, 2.45) is 0 Å². The minimum atomic E-state index is -0.850. The van der Waals surface area contributed by atoms with Gasteiger partial charge < -0.3 is 0 Å². The van der Waals surface area contributed by atoms with Gasteiger partial charge in [-0.1, -0.05) is 0 Å². The van der Waals surface area contributed by atoms with E-state index in [2.05, 4.69) is 0 Å². The molecule has 1 aromatic rings. The normalized spacial score (nSPS) is 8.78. The Labute approximate surface area is 99.6 Å².